The van der Waals surface area contributed by atoms with Gasteiger partial charge in [0.1, 0.15) is 0 Å². The number of benzene rings is 2. The first-order chi connectivity index (χ1) is 15.1. The summed E-state index contributed by atoms with van der Waals surface area (Å²) >= 11 is 4.98. The van der Waals surface area contributed by atoms with Crippen molar-refractivity contribution in [1.82, 2.24) is 19.7 Å². The molecule has 0 aliphatic carbocycles. The van der Waals surface area contributed by atoms with Crippen molar-refractivity contribution in [3.8, 4) is 17.1 Å². The maximum Gasteiger partial charge on any atom is 0.276 e. The maximum atomic E-state index is 12.9. The molecule has 0 spiro atoms. The Morgan fingerprint density at radius 2 is 1.90 bits per heavy atom. The minimum Gasteiger partial charge on any atom is -0.321 e. The summed E-state index contributed by atoms with van der Waals surface area (Å²) in [4.78, 5) is 21.9. The fourth-order valence-electron chi connectivity index (χ4n) is 3.26. The van der Waals surface area contributed by atoms with E-state index in [1.54, 1.807) is 22.1 Å². The average Bonchev–Trinajstić information content (AvgIpc) is 3.42. The third-order valence-corrected chi connectivity index (χ3v) is 6.08. The van der Waals surface area contributed by atoms with Gasteiger partial charge in [0.25, 0.3) is 5.91 Å². The van der Waals surface area contributed by atoms with Crippen LogP contribution in [-0.4, -0.2) is 25.7 Å². The molecule has 5 aromatic rings. The predicted octanol–water partition coefficient (Wildman–Crippen LogP) is 5.87. The zero-order chi connectivity index (χ0) is 21.4. The Kier molecular flexibility index (Phi) is 5.09. The Balaban J connectivity index is 1.59. The quantitative estimate of drug-likeness (QED) is 0.342. The summed E-state index contributed by atoms with van der Waals surface area (Å²) in [7, 11) is 0. The minimum absolute atomic E-state index is 0.283. The monoisotopic (exact) mass is 489 g/mol. The van der Waals surface area contributed by atoms with Crippen molar-refractivity contribution in [1.29, 1.82) is 0 Å². The molecule has 6 nitrogen and oxygen atoms in total. The first-order valence-electron chi connectivity index (χ1n) is 9.51. The topological polar surface area (TPSA) is 72.7 Å². The lowest BCUT2D eigenvalue weighted by Gasteiger charge is -2.07. The van der Waals surface area contributed by atoms with Crippen molar-refractivity contribution in [2.45, 2.75) is 6.92 Å². The van der Waals surface area contributed by atoms with E-state index in [9.17, 15) is 4.79 Å². The molecule has 0 aliphatic rings. The number of carbonyl (C=O) groups excluding carboxylic acids is 1. The number of aryl methyl sites for hydroxylation is 1. The first-order valence-corrected chi connectivity index (χ1v) is 11.2. The zero-order valence-corrected chi connectivity index (χ0v) is 18.8. The summed E-state index contributed by atoms with van der Waals surface area (Å²) < 4.78 is 3.73. The number of aromatic nitrogens is 4. The average molecular weight is 490 g/mol. The molecule has 0 fully saturated rings. The molecule has 2 aromatic carbocycles. The maximum absolute atomic E-state index is 12.9. The molecule has 0 unspecified atom stereocenters. The Labute approximate surface area is 190 Å². The fourth-order valence-corrected chi connectivity index (χ4v) is 4.24. The van der Waals surface area contributed by atoms with Gasteiger partial charge in [-0.25, -0.2) is 14.6 Å². The summed E-state index contributed by atoms with van der Waals surface area (Å²) in [5, 5.41) is 7.50. The zero-order valence-electron chi connectivity index (χ0n) is 16.4. The number of hydrogen-bond donors (Lipinski definition) is 1. The van der Waals surface area contributed by atoms with Crippen molar-refractivity contribution >= 4 is 49.1 Å². The van der Waals surface area contributed by atoms with Gasteiger partial charge >= 0.3 is 0 Å². The van der Waals surface area contributed by atoms with Crippen molar-refractivity contribution in [3.63, 3.8) is 0 Å². The number of pyridine rings is 1. The second-order valence-corrected chi connectivity index (χ2v) is 8.76. The lowest BCUT2D eigenvalue weighted by Crippen LogP contribution is -2.13. The van der Waals surface area contributed by atoms with Crippen LogP contribution in [0.3, 0.4) is 0 Å². The van der Waals surface area contributed by atoms with Crippen LogP contribution < -0.4 is 5.32 Å². The number of amides is 1. The summed E-state index contributed by atoms with van der Waals surface area (Å²) in [6.45, 7) is 1.93. The minimum atomic E-state index is -0.283. The van der Waals surface area contributed by atoms with E-state index in [-0.39, 0.29) is 5.91 Å². The summed E-state index contributed by atoms with van der Waals surface area (Å²) in [6, 6.07) is 21.0. The number of halogens is 1. The highest BCUT2D eigenvalue weighted by Crippen LogP contribution is 2.29. The van der Waals surface area contributed by atoms with Crippen molar-refractivity contribution in [3.05, 3.63) is 88.1 Å². The molecule has 1 N–H and O–H groups in total. The van der Waals surface area contributed by atoms with Gasteiger partial charge in [-0.3, -0.25) is 4.79 Å². The van der Waals surface area contributed by atoms with Gasteiger partial charge in [-0.1, -0.05) is 28.1 Å². The largest absolute Gasteiger partial charge is 0.321 e. The van der Waals surface area contributed by atoms with Gasteiger partial charge in [-0.2, -0.15) is 5.10 Å². The van der Waals surface area contributed by atoms with Gasteiger partial charge in [-0.15, -0.1) is 11.3 Å². The fraction of sp³-hybridized carbons (Fsp3) is 0.0435. The highest BCUT2D eigenvalue weighted by molar-refractivity contribution is 9.10. The molecule has 0 saturated heterocycles. The van der Waals surface area contributed by atoms with Crippen molar-refractivity contribution in [2.24, 2.45) is 0 Å². The van der Waals surface area contributed by atoms with Gasteiger partial charge in [-0.05, 0) is 61.5 Å². The molecule has 1 amide bonds. The summed E-state index contributed by atoms with van der Waals surface area (Å²) in [5.41, 5.74) is 6.38. The van der Waals surface area contributed by atoms with E-state index in [0.717, 1.165) is 31.6 Å². The Morgan fingerprint density at radius 1 is 1.06 bits per heavy atom. The molecular formula is C23H16BrN5OS. The van der Waals surface area contributed by atoms with E-state index in [2.05, 4.69) is 42.4 Å². The number of nitrogens with zero attached hydrogens (tertiary/aromatic N) is 4. The molecule has 8 heteroatoms. The van der Waals surface area contributed by atoms with E-state index in [1.165, 1.54) is 0 Å². The molecule has 31 heavy (non-hydrogen) atoms. The van der Waals surface area contributed by atoms with Gasteiger partial charge in [0.2, 0.25) is 0 Å². The van der Waals surface area contributed by atoms with E-state index in [0.29, 0.717) is 17.2 Å². The molecule has 3 aromatic heterocycles. The van der Waals surface area contributed by atoms with Crippen LogP contribution in [0.2, 0.25) is 0 Å². The van der Waals surface area contributed by atoms with Crippen LogP contribution in [0.15, 0.2) is 76.7 Å². The third kappa shape index (κ3) is 3.99. The van der Waals surface area contributed by atoms with Crippen LogP contribution >= 0.6 is 27.3 Å². The summed E-state index contributed by atoms with van der Waals surface area (Å²) in [6.07, 6.45) is 0. The molecule has 0 atom stereocenters. The Hall–Kier alpha value is -3.36. The Morgan fingerprint density at radius 3 is 2.71 bits per heavy atom. The molecule has 152 valence electrons. The van der Waals surface area contributed by atoms with Crippen LogP contribution in [0.25, 0.3) is 27.3 Å². The second-order valence-electron chi connectivity index (χ2n) is 6.96. The normalized spacial score (nSPS) is 11.0. The van der Waals surface area contributed by atoms with Gasteiger partial charge in [0.15, 0.2) is 11.5 Å². The molecule has 5 rings (SSSR count). The summed E-state index contributed by atoms with van der Waals surface area (Å²) in [5.74, 6) is 0.371. The van der Waals surface area contributed by atoms with E-state index in [4.69, 9.17) is 0 Å². The lowest BCUT2D eigenvalue weighted by atomic mass is 10.1. The molecule has 0 radical (unpaired) electrons. The third-order valence-electron chi connectivity index (χ3n) is 4.76. The standard InChI is InChI=1S/C23H16BrN5OS/c1-14-3-2-4-22(26-14)29-20(15-5-10-18-21(11-15)31-13-25-18)12-19(28-29)23(30)27-17-8-6-16(24)7-9-17/h2-13H,1H3,(H,27,30). The number of fused-ring (bicyclic) bond motifs is 1. The number of anilines is 1. The van der Waals surface area contributed by atoms with E-state index in [1.807, 2.05) is 67.0 Å². The molecule has 0 saturated carbocycles. The predicted molar refractivity (Wildman–Crippen MR) is 127 cm³/mol. The molecular weight excluding hydrogens is 474 g/mol. The van der Waals surface area contributed by atoms with Crippen molar-refractivity contribution < 1.29 is 4.79 Å². The SMILES string of the molecule is Cc1cccc(-n2nc(C(=O)Nc3ccc(Br)cc3)cc2-c2ccc3ncsc3c2)n1. The van der Waals surface area contributed by atoms with Crippen LogP contribution in [-0.2, 0) is 0 Å². The molecule has 0 bridgehead atoms. The first kappa shape index (κ1) is 19.6. The molecule has 0 aliphatic heterocycles. The Bertz CT molecular complexity index is 1410. The number of thiazole rings is 1. The smallest absolute Gasteiger partial charge is 0.276 e. The molecule has 3 heterocycles. The van der Waals surface area contributed by atoms with Crippen LogP contribution in [0, 0.1) is 6.92 Å². The van der Waals surface area contributed by atoms with Gasteiger partial charge < -0.3 is 5.32 Å². The van der Waals surface area contributed by atoms with E-state index < -0.39 is 0 Å². The second kappa shape index (κ2) is 8.05. The number of hydrogen-bond acceptors (Lipinski definition) is 5. The number of rotatable bonds is 4. The van der Waals surface area contributed by atoms with Crippen molar-refractivity contribution in [2.75, 3.05) is 5.32 Å². The highest BCUT2D eigenvalue weighted by atomic mass is 79.9. The van der Waals surface area contributed by atoms with Gasteiger partial charge in [0, 0.05) is 21.4 Å². The van der Waals surface area contributed by atoms with Crippen LogP contribution in [0.1, 0.15) is 16.2 Å². The highest BCUT2D eigenvalue weighted by Gasteiger charge is 2.18. The van der Waals surface area contributed by atoms with Gasteiger partial charge in [0.05, 0.1) is 21.4 Å². The van der Waals surface area contributed by atoms with Crippen LogP contribution in [0.4, 0.5) is 5.69 Å². The number of carbonyl (C=O) groups is 1. The number of nitrogens with one attached hydrogen (secondary N) is 1. The lowest BCUT2D eigenvalue weighted by molar-refractivity contribution is 0.102. The van der Waals surface area contributed by atoms with E-state index >= 15 is 0 Å². The van der Waals surface area contributed by atoms with Crippen LogP contribution in [0.5, 0.6) is 0 Å².